The fourth-order valence-electron chi connectivity index (χ4n) is 3.88. The summed E-state index contributed by atoms with van der Waals surface area (Å²) in [5, 5.41) is 4.09. The fraction of sp³-hybridized carbons (Fsp3) is 0.588. The van der Waals surface area contributed by atoms with Crippen molar-refractivity contribution >= 4 is 17.5 Å². The highest BCUT2D eigenvalue weighted by atomic mass is 35.5. The number of halogens is 1. The van der Waals surface area contributed by atoms with E-state index in [1.54, 1.807) is 0 Å². The summed E-state index contributed by atoms with van der Waals surface area (Å²) in [6, 6.07) is 8.23. The lowest BCUT2D eigenvalue weighted by atomic mass is 9.81. The molecule has 0 aromatic heterocycles. The topological polar surface area (TPSA) is 32.3 Å². The summed E-state index contributed by atoms with van der Waals surface area (Å²) in [6.07, 6.45) is 6.03. The molecule has 1 aliphatic heterocycles. The van der Waals surface area contributed by atoms with Crippen LogP contribution in [0.2, 0.25) is 5.02 Å². The summed E-state index contributed by atoms with van der Waals surface area (Å²) >= 11 is 6.12. The summed E-state index contributed by atoms with van der Waals surface area (Å²) in [4.78, 5) is 14.5. The molecule has 1 aromatic carbocycles. The van der Waals surface area contributed by atoms with E-state index in [1.165, 1.54) is 19.3 Å². The molecule has 0 radical (unpaired) electrons. The number of nitrogens with zero attached hydrogens (tertiary/aromatic N) is 1. The van der Waals surface area contributed by atoms with Gasteiger partial charge in [-0.3, -0.25) is 10.1 Å². The van der Waals surface area contributed by atoms with E-state index in [0.29, 0.717) is 18.5 Å². The third-order valence-electron chi connectivity index (χ3n) is 4.93. The van der Waals surface area contributed by atoms with Crippen LogP contribution in [0.1, 0.15) is 50.8 Å². The molecule has 1 aromatic rings. The van der Waals surface area contributed by atoms with Crippen molar-refractivity contribution in [3.05, 3.63) is 34.9 Å². The van der Waals surface area contributed by atoms with E-state index in [4.69, 9.17) is 11.6 Å². The third kappa shape index (κ3) is 2.95. The van der Waals surface area contributed by atoms with Crippen LogP contribution in [0.25, 0.3) is 0 Å². The van der Waals surface area contributed by atoms with Gasteiger partial charge in [0.05, 0.1) is 6.54 Å². The predicted molar refractivity (Wildman–Crippen MR) is 85.1 cm³/mol. The van der Waals surface area contributed by atoms with E-state index in [2.05, 4.69) is 23.2 Å². The number of benzene rings is 1. The van der Waals surface area contributed by atoms with Gasteiger partial charge in [-0.15, -0.1) is 0 Å². The molecule has 0 spiro atoms. The first kappa shape index (κ1) is 14.9. The quantitative estimate of drug-likeness (QED) is 0.922. The highest BCUT2D eigenvalue weighted by Crippen LogP contribution is 2.36. The van der Waals surface area contributed by atoms with Gasteiger partial charge in [0.2, 0.25) is 5.91 Å². The van der Waals surface area contributed by atoms with Crippen LogP contribution < -0.4 is 5.32 Å². The molecule has 1 amide bonds. The van der Waals surface area contributed by atoms with Crippen molar-refractivity contribution < 1.29 is 4.79 Å². The summed E-state index contributed by atoms with van der Waals surface area (Å²) in [5.74, 6) is 0.856. The molecule has 2 fully saturated rings. The summed E-state index contributed by atoms with van der Waals surface area (Å²) in [5.41, 5.74) is 1.09. The molecule has 1 N–H and O–H groups in total. The predicted octanol–water partition coefficient (Wildman–Crippen LogP) is 3.74. The zero-order valence-corrected chi connectivity index (χ0v) is 13.3. The van der Waals surface area contributed by atoms with Crippen LogP contribution in [-0.4, -0.2) is 23.4 Å². The van der Waals surface area contributed by atoms with Gasteiger partial charge in [0.25, 0.3) is 0 Å². The second kappa shape index (κ2) is 6.37. The normalized spacial score (nSPS) is 29.9. The van der Waals surface area contributed by atoms with Crippen LogP contribution in [0.3, 0.4) is 0 Å². The smallest absolute Gasteiger partial charge is 0.238 e. The number of hydrogen-bond acceptors (Lipinski definition) is 2. The fourth-order valence-corrected chi connectivity index (χ4v) is 4.08. The molecule has 3 rings (SSSR count). The number of hydrogen-bond donors (Lipinski definition) is 1. The van der Waals surface area contributed by atoms with Gasteiger partial charge in [0.15, 0.2) is 0 Å². The van der Waals surface area contributed by atoms with Crippen molar-refractivity contribution in [2.75, 3.05) is 6.54 Å². The number of amides is 1. The minimum absolute atomic E-state index is 0.0200. The Hall–Kier alpha value is -1.06. The van der Waals surface area contributed by atoms with Crippen LogP contribution >= 0.6 is 11.6 Å². The summed E-state index contributed by atoms with van der Waals surface area (Å²) in [6.45, 7) is 2.68. The number of nitrogens with one attached hydrogen (secondary N) is 1. The van der Waals surface area contributed by atoms with Gasteiger partial charge in [-0.1, -0.05) is 49.9 Å². The van der Waals surface area contributed by atoms with Gasteiger partial charge >= 0.3 is 0 Å². The number of carbonyl (C=O) groups excluding carboxylic acids is 1. The molecule has 3 unspecified atom stereocenters. The molecule has 0 bridgehead atoms. The zero-order chi connectivity index (χ0) is 14.8. The van der Waals surface area contributed by atoms with E-state index >= 15 is 0 Å². The van der Waals surface area contributed by atoms with Crippen molar-refractivity contribution in [3.8, 4) is 0 Å². The first-order chi connectivity index (χ1) is 10.2. The largest absolute Gasteiger partial charge is 0.319 e. The molecule has 3 nitrogen and oxygen atoms in total. The first-order valence-electron chi connectivity index (χ1n) is 8.00. The van der Waals surface area contributed by atoms with E-state index in [-0.39, 0.29) is 12.1 Å². The number of rotatable bonds is 3. The average Bonchev–Trinajstić information content (AvgIpc) is 2.89. The minimum atomic E-state index is -0.0200. The monoisotopic (exact) mass is 306 g/mol. The van der Waals surface area contributed by atoms with Crippen molar-refractivity contribution in [3.63, 3.8) is 0 Å². The highest BCUT2D eigenvalue weighted by Gasteiger charge is 2.40. The Morgan fingerprint density at radius 2 is 2.14 bits per heavy atom. The van der Waals surface area contributed by atoms with Crippen molar-refractivity contribution in [2.45, 2.75) is 51.2 Å². The van der Waals surface area contributed by atoms with Crippen LogP contribution in [0.4, 0.5) is 0 Å². The first-order valence-corrected chi connectivity index (χ1v) is 8.38. The highest BCUT2D eigenvalue weighted by molar-refractivity contribution is 6.30. The molecular formula is C17H23ClN2O. The second-order valence-corrected chi connectivity index (χ2v) is 6.60. The maximum atomic E-state index is 12.4. The average molecular weight is 307 g/mol. The lowest BCUT2D eigenvalue weighted by Gasteiger charge is -2.40. The molecule has 21 heavy (non-hydrogen) atoms. The molecule has 3 atom stereocenters. The van der Waals surface area contributed by atoms with E-state index in [0.717, 1.165) is 23.4 Å². The Morgan fingerprint density at radius 1 is 1.33 bits per heavy atom. The third-order valence-corrected chi connectivity index (χ3v) is 5.16. The van der Waals surface area contributed by atoms with Crippen molar-refractivity contribution in [1.82, 2.24) is 10.2 Å². The van der Waals surface area contributed by atoms with Crippen LogP contribution in [0, 0.1) is 5.92 Å². The second-order valence-electron chi connectivity index (χ2n) is 6.16. The Morgan fingerprint density at radius 3 is 2.90 bits per heavy atom. The van der Waals surface area contributed by atoms with Crippen LogP contribution in [-0.2, 0) is 4.79 Å². The summed E-state index contributed by atoms with van der Waals surface area (Å²) in [7, 11) is 0. The van der Waals surface area contributed by atoms with Crippen LogP contribution in [0.15, 0.2) is 24.3 Å². The number of carbonyl (C=O) groups is 1. The standard InChI is InChI=1S/C17H23ClN2O/c1-2-12-6-3-4-9-15(12)20-16(21)11-19-17(20)13-7-5-8-14(18)10-13/h5,7-8,10,12,15,17,19H,2-4,6,9,11H2,1H3. The van der Waals surface area contributed by atoms with Crippen LogP contribution in [0.5, 0.6) is 0 Å². The summed E-state index contributed by atoms with van der Waals surface area (Å²) < 4.78 is 0. The molecular weight excluding hydrogens is 284 g/mol. The molecule has 1 saturated heterocycles. The van der Waals surface area contributed by atoms with Gasteiger partial charge in [-0.25, -0.2) is 0 Å². The van der Waals surface area contributed by atoms with Gasteiger partial charge in [-0.2, -0.15) is 0 Å². The lowest BCUT2D eigenvalue weighted by molar-refractivity contribution is -0.132. The maximum Gasteiger partial charge on any atom is 0.238 e. The maximum absolute atomic E-state index is 12.4. The van der Waals surface area contributed by atoms with E-state index in [1.807, 2.05) is 18.2 Å². The molecule has 1 heterocycles. The molecule has 4 heteroatoms. The Bertz CT molecular complexity index is 519. The van der Waals surface area contributed by atoms with Gasteiger partial charge in [0.1, 0.15) is 6.17 Å². The Kier molecular flexibility index (Phi) is 4.51. The zero-order valence-electron chi connectivity index (χ0n) is 12.5. The Labute approximate surface area is 131 Å². The SMILES string of the molecule is CCC1CCCCC1N1C(=O)CNC1c1cccc(Cl)c1. The Balaban J connectivity index is 1.88. The van der Waals surface area contributed by atoms with Crippen molar-refractivity contribution in [2.24, 2.45) is 5.92 Å². The minimum Gasteiger partial charge on any atom is -0.319 e. The molecule has 1 aliphatic carbocycles. The molecule has 114 valence electrons. The molecule has 2 aliphatic rings. The van der Waals surface area contributed by atoms with E-state index < -0.39 is 0 Å². The van der Waals surface area contributed by atoms with Crippen molar-refractivity contribution in [1.29, 1.82) is 0 Å². The lowest BCUT2D eigenvalue weighted by Crippen LogP contribution is -2.45. The molecule has 1 saturated carbocycles. The van der Waals surface area contributed by atoms with Gasteiger partial charge in [-0.05, 0) is 36.5 Å². The van der Waals surface area contributed by atoms with E-state index in [9.17, 15) is 4.79 Å². The van der Waals surface area contributed by atoms with Gasteiger partial charge in [0, 0.05) is 11.1 Å². The van der Waals surface area contributed by atoms with Gasteiger partial charge < -0.3 is 4.90 Å².